The number of likely N-dealkylation sites (N-methyl/N-ethyl adjacent to an activating group) is 1. The standard InChI is InChI=1S/C28H31Cl3N4O4.C26H32N4O4S.C26H25N3O4S2.C15H19N3O3S.4CH4/c1-4-39-28(38)24-25(20-17-19(29)7-9-23(20)35(27(24)37)11-5-10-32(2)3)33-12-14-34(15-13-33)26(36)18-6-8-21(30)22(31)16-18;1-5-34-26(33)22-23(28-11-13-29(14-12-28)24(31)21-7-6-16-35-21)19-17-18(2)8-9-20(19)30(25(22)32)15-10-27(3)4;1-18-9-11-19(12-10-18)35(32,33)24-23(20-6-3-4-7-21(20)27(2)26(24)31)28-13-15-29(16-14-28)25(30)22-8-5-17-34-22;1-17-12-6-4-3-5-11(12)13(18-9-7-16-8-10-18)14(15(17)19)22(2,20)21;;;;/h6-9,16-17H,4-5,10-15H2,1-3H3;6-9,16-17H,5,10-15H2,1-4H3;3-12,17H,13-16H2,1-2H3;3-6,16H,7-10H2,1-2H3;4*1H4. The molecule has 724 valence electrons. The number of esters is 2. The van der Waals surface area contributed by atoms with Gasteiger partial charge in [0, 0.05) is 177 Å². The zero-order valence-electron chi connectivity index (χ0n) is 75.1. The molecular weight excluding hydrogens is 1860 g/mol. The number of hydrogen-bond donors (Lipinski definition) is 1. The number of sulfone groups is 2. The number of fused-ring (bicyclic) bond motifs is 4. The minimum Gasteiger partial charge on any atom is -0.462 e. The van der Waals surface area contributed by atoms with E-state index in [1.165, 1.54) is 31.8 Å². The fourth-order valence-corrected chi connectivity index (χ4v) is 21.3. The highest BCUT2D eigenvalue weighted by Gasteiger charge is 2.37. The van der Waals surface area contributed by atoms with Crippen LogP contribution in [-0.2, 0) is 56.3 Å². The number of anilines is 4. The molecule has 135 heavy (non-hydrogen) atoms. The third kappa shape index (κ3) is 23.7. The number of halogens is 3. The van der Waals surface area contributed by atoms with Gasteiger partial charge in [0.1, 0.15) is 11.1 Å². The van der Waals surface area contributed by atoms with Crippen molar-refractivity contribution in [1.29, 1.82) is 0 Å². The number of para-hydroxylation sites is 2. The van der Waals surface area contributed by atoms with Crippen LogP contribution < -0.4 is 47.2 Å². The molecule has 6 aromatic heterocycles. The molecule has 36 heteroatoms. The van der Waals surface area contributed by atoms with Crippen molar-refractivity contribution in [3.63, 3.8) is 0 Å². The number of piperazine rings is 4. The van der Waals surface area contributed by atoms with Gasteiger partial charge in [-0.15, -0.1) is 22.7 Å². The van der Waals surface area contributed by atoms with Crippen LogP contribution in [-0.4, -0.2) is 255 Å². The van der Waals surface area contributed by atoms with Crippen LogP contribution in [0, 0.1) is 13.8 Å². The third-order valence-corrected chi connectivity index (χ3v) is 29.1. The SMILES string of the molecule is C.C.C.C.CCOC(=O)c1c(N2CCN(C(=O)c3ccc(Cl)c(Cl)c3)CC2)c2cc(Cl)ccc2n(CCCN(C)C)c1=O.CCOC(=O)c1c(N2CCN(C(=O)c3cccs3)CC2)c2cc(C)ccc2n(CCN(C)C)c1=O.Cc1ccc(S(=O)(=O)c2c(N3CCN(C(=O)c4cccs4)CC3)c3ccccc3n(C)c2=O)cc1.Cn1c(=O)c(S(C)(=O)=O)c(N2CCNCC2)c2ccccc21. The molecule has 1 N–H and O–H groups in total. The molecule has 0 saturated carbocycles. The molecule has 10 heterocycles. The van der Waals surface area contributed by atoms with Crippen molar-refractivity contribution in [1.82, 2.24) is 48.1 Å². The summed E-state index contributed by atoms with van der Waals surface area (Å²) in [5.41, 5.74) is 5.66. The van der Waals surface area contributed by atoms with Crippen LogP contribution in [0.2, 0.25) is 15.1 Å². The largest absolute Gasteiger partial charge is 0.462 e. The Bertz CT molecular complexity index is 6780. The van der Waals surface area contributed by atoms with Crippen molar-refractivity contribution in [3.8, 4) is 0 Å². The summed E-state index contributed by atoms with van der Waals surface area (Å²) in [6, 6.07) is 44.8. The number of carbonyl (C=O) groups excluding carboxylic acids is 5. The van der Waals surface area contributed by atoms with Crippen LogP contribution in [0.3, 0.4) is 0 Å². The van der Waals surface area contributed by atoms with E-state index < -0.39 is 48.3 Å². The number of rotatable bonds is 21. The average molecular weight is 1980 g/mol. The van der Waals surface area contributed by atoms with Gasteiger partial charge in [-0.25, -0.2) is 26.4 Å². The second-order valence-electron chi connectivity index (χ2n) is 32.8. The highest BCUT2D eigenvalue weighted by molar-refractivity contribution is 7.91. The lowest BCUT2D eigenvalue weighted by molar-refractivity contribution is 0.0514. The fraction of sp³-hybridized carbons (Fsp3) is 0.384. The van der Waals surface area contributed by atoms with Gasteiger partial charge < -0.3 is 77.2 Å². The molecule has 4 aliphatic heterocycles. The predicted molar refractivity (Wildman–Crippen MR) is 549 cm³/mol. The van der Waals surface area contributed by atoms with E-state index in [0.717, 1.165) is 70.1 Å². The summed E-state index contributed by atoms with van der Waals surface area (Å²) >= 11 is 21.4. The van der Waals surface area contributed by atoms with E-state index >= 15 is 0 Å². The summed E-state index contributed by atoms with van der Waals surface area (Å²) in [6.07, 6.45) is 1.83. The van der Waals surface area contributed by atoms with Crippen LogP contribution in [0.15, 0.2) is 196 Å². The maximum absolute atomic E-state index is 13.9. The molecule has 4 aliphatic rings. The van der Waals surface area contributed by atoms with Gasteiger partial charge in [0.05, 0.1) is 82.7 Å². The number of hydrogen-bond acceptors (Lipinski definition) is 24. The van der Waals surface area contributed by atoms with Crippen LogP contribution in [0.4, 0.5) is 22.7 Å². The first-order valence-corrected chi connectivity index (χ1v) is 49.4. The van der Waals surface area contributed by atoms with E-state index in [1.54, 1.807) is 108 Å². The maximum atomic E-state index is 13.9. The van der Waals surface area contributed by atoms with Crippen molar-refractivity contribution in [3.05, 3.63) is 256 Å². The molecule has 4 fully saturated rings. The summed E-state index contributed by atoms with van der Waals surface area (Å²) in [5.74, 6) is -1.45. The number of nitrogens with one attached hydrogen (secondary N) is 1. The van der Waals surface area contributed by atoms with E-state index in [-0.39, 0.29) is 92.0 Å². The number of aromatic nitrogens is 4. The molecular formula is C99H123Cl3N14O15S4. The van der Waals surface area contributed by atoms with Gasteiger partial charge in [0.2, 0.25) is 9.84 Å². The molecule has 0 radical (unpaired) electrons. The van der Waals surface area contributed by atoms with Crippen molar-refractivity contribution in [2.45, 2.75) is 91.6 Å². The number of pyridine rings is 4. The molecule has 16 rings (SSSR count). The Kier molecular flexibility index (Phi) is 37.4. The lowest BCUT2D eigenvalue weighted by atomic mass is 10.0. The van der Waals surface area contributed by atoms with Gasteiger partial charge in [0.15, 0.2) is 19.6 Å². The molecule has 4 saturated heterocycles. The Balaban J connectivity index is 0.000000203. The van der Waals surface area contributed by atoms with Gasteiger partial charge in [0.25, 0.3) is 40.0 Å². The lowest BCUT2D eigenvalue weighted by Crippen LogP contribution is -2.49. The first-order valence-electron chi connectivity index (χ1n) is 43.2. The van der Waals surface area contributed by atoms with Crippen molar-refractivity contribution in [2.75, 3.05) is 185 Å². The van der Waals surface area contributed by atoms with Crippen molar-refractivity contribution < 1.29 is 50.3 Å². The second kappa shape index (κ2) is 47.0. The van der Waals surface area contributed by atoms with Crippen LogP contribution in [0.5, 0.6) is 0 Å². The molecule has 0 bridgehead atoms. The highest BCUT2D eigenvalue weighted by Crippen LogP contribution is 2.39. The molecule has 0 atom stereocenters. The zero-order valence-corrected chi connectivity index (χ0v) is 80.6. The van der Waals surface area contributed by atoms with Crippen LogP contribution in [0.1, 0.15) is 112 Å². The molecule has 0 unspecified atom stereocenters. The summed E-state index contributed by atoms with van der Waals surface area (Å²) in [4.78, 5) is 137. The normalized spacial score (nSPS) is 14.0. The summed E-state index contributed by atoms with van der Waals surface area (Å²) in [7, 11) is 3.34. The van der Waals surface area contributed by atoms with Gasteiger partial charge in [-0.3, -0.25) is 33.6 Å². The summed E-state index contributed by atoms with van der Waals surface area (Å²) < 4.78 is 69.0. The van der Waals surface area contributed by atoms with Gasteiger partial charge in [-0.05, 0) is 165 Å². The molecule has 6 aromatic carbocycles. The maximum Gasteiger partial charge on any atom is 0.345 e. The van der Waals surface area contributed by atoms with E-state index in [0.29, 0.717) is 181 Å². The topological polar surface area (TPSA) is 301 Å². The fourth-order valence-electron chi connectivity index (χ4n) is 16.8. The zero-order chi connectivity index (χ0) is 94.0. The van der Waals surface area contributed by atoms with Crippen molar-refractivity contribution >= 4 is 173 Å². The van der Waals surface area contributed by atoms with Gasteiger partial charge in [-0.2, -0.15) is 0 Å². The Morgan fingerprint density at radius 1 is 0.430 bits per heavy atom. The summed E-state index contributed by atoms with van der Waals surface area (Å²) in [6.45, 7) is 18.3. The quantitative estimate of drug-likeness (QED) is 0.0653. The highest BCUT2D eigenvalue weighted by atomic mass is 35.5. The Morgan fingerprint density at radius 2 is 0.852 bits per heavy atom. The number of benzene rings is 6. The first kappa shape index (κ1) is 107. The minimum atomic E-state index is -4.10. The van der Waals surface area contributed by atoms with Crippen LogP contribution in [0.25, 0.3) is 43.6 Å². The third-order valence-electron chi connectivity index (χ3n) is 23.5. The molecule has 0 aliphatic carbocycles. The number of nitrogens with zero attached hydrogens (tertiary/aromatic N) is 13. The van der Waals surface area contributed by atoms with Crippen molar-refractivity contribution in [2.24, 2.45) is 14.1 Å². The van der Waals surface area contributed by atoms with E-state index in [4.69, 9.17) is 44.3 Å². The lowest BCUT2D eigenvalue weighted by Gasteiger charge is -2.37. The minimum absolute atomic E-state index is 0. The number of aryl methyl sites for hydroxylation is 5. The molecule has 3 amide bonds. The van der Waals surface area contributed by atoms with E-state index in [2.05, 4.69) is 10.2 Å². The van der Waals surface area contributed by atoms with E-state index in [9.17, 15) is 60.0 Å². The number of amides is 3. The second-order valence-corrected chi connectivity index (χ2v) is 39.8. The Hall–Kier alpha value is -11.2. The number of thiophene rings is 2. The first-order chi connectivity index (χ1) is 62.6. The molecule has 12 aromatic rings. The molecule has 29 nitrogen and oxygen atoms in total. The average Bonchev–Trinajstić information content (AvgIpc) is 0.819. The monoisotopic (exact) mass is 1980 g/mol. The summed E-state index contributed by atoms with van der Waals surface area (Å²) in [5, 5.41) is 11.2. The Morgan fingerprint density at radius 3 is 1.30 bits per heavy atom. The van der Waals surface area contributed by atoms with Gasteiger partial charge >= 0.3 is 11.9 Å². The smallest absolute Gasteiger partial charge is 0.345 e. The van der Waals surface area contributed by atoms with Gasteiger partial charge in [-0.1, -0.05) is 142 Å². The van der Waals surface area contributed by atoms with E-state index in [1.807, 2.05) is 173 Å². The predicted octanol–water partition coefficient (Wildman–Crippen LogP) is 14.7. The van der Waals surface area contributed by atoms with Crippen LogP contribution >= 0.6 is 57.5 Å². The number of carbonyl (C=O) groups is 5. The molecule has 0 spiro atoms. The number of ether oxygens (including phenoxy) is 2. The Labute approximate surface area is 812 Å².